The van der Waals surface area contributed by atoms with E-state index in [9.17, 15) is 4.79 Å². The maximum absolute atomic E-state index is 10.6. The molecule has 2 N–H and O–H groups in total. The molecule has 1 saturated heterocycles. The van der Waals surface area contributed by atoms with Crippen LogP contribution in [0, 0.1) is 0 Å². The van der Waals surface area contributed by atoms with Crippen LogP contribution in [0.15, 0.2) is 0 Å². The van der Waals surface area contributed by atoms with Gasteiger partial charge in [0, 0.05) is 12.3 Å². The van der Waals surface area contributed by atoms with E-state index in [4.69, 9.17) is 5.84 Å². The summed E-state index contributed by atoms with van der Waals surface area (Å²) in [5.41, 5.74) is 0. The fourth-order valence-corrected chi connectivity index (χ4v) is 1.34. The van der Waals surface area contributed by atoms with Crippen molar-refractivity contribution in [3.63, 3.8) is 0 Å². The molecule has 1 aliphatic rings. The van der Waals surface area contributed by atoms with Crippen LogP contribution in [0.4, 0.5) is 0 Å². The van der Waals surface area contributed by atoms with Gasteiger partial charge in [0.1, 0.15) is 0 Å². The number of nitrogens with two attached hydrogens (primary N) is 1. The van der Waals surface area contributed by atoms with Gasteiger partial charge >= 0.3 is 0 Å². The highest BCUT2D eigenvalue weighted by Gasteiger charge is 2.13. The number of carbonyl (C=O) groups excluding carboxylic acids is 1. The van der Waals surface area contributed by atoms with E-state index in [1.165, 1.54) is 5.01 Å². The molecular formula is C4H8N2OS. The van der Waals surface area contributed by atoms with Crippen LogP contribution in [0.3, 0.4) is 0 Å². The zero-order valence-corrected chi connectivity index (χ0v) is 5.28. The van der Waals surface area contributed by atoms with Crippen molar-refractivity contribution in [2.45, 2.75) is 0 Å². The molecule has 4 heteroatoms. The molecule has 0 saturated carbocycles. The van der Waals surface area contributed by atoms with Crippen molar-refractivity contribution >= 4 is 17.7 Å². The number of hydrogen-bond donors (Lipinski definition) is 1. The third kappa shape index (κ3) is 1.14. The standard InChI is InChI=1S/C4H8N2OS/c5-6-1-2-8-3-4(6)7/h1-3,5H2. The first kappa shape index (κ1) is 5.91. The molecule has 1 fully saturated rings. The molecule has 1 amide bonds. The Bertz CT molecular complexity index is 106. The third-order valence-corrected chi connectivity index (χ3v) is 1.94. The lowest BCUT2D eigenvalue weighted by Gasteiger charge is -2.20. The Balaban J connectivity index is 2.39. The lowest BCUT2D eigenvalue weighted by molar-refractivity contribution is -0.128. The summed E-state index contributed by atoms with van der Waals surface area (Å²) in [7, 11) is 0. The fourth-order valence-electron chi connectivity index (χ4n) is 0.530. The Kier molecular flexibility index (Phi) is 1.75. The molecule has 1 heterocycles. The summed E-state index contributed by atoms with van der Waals surface area (Å²) in [5.74, 6) is 6.82. The Morgan fingerprint density at radius 3 is 2.88 bits per heavy atom. The molecule has 0 bridgehead atoms. The average molecular weight is 132 g/mol. The predicted molar refractivity (Wildman–Crippen MR) is 33.2 cm³/mol. The van der Waals surface area contributed by atoms with Crippen LogP contribution in [-0.4, -0.2) is 29.0 Å². The Labute approximate surface area is 52.2 Å². The molecule has 0 radical (unpaired) electrons. The number of nitrogens with zero attached hydrogens (tertiary/aromatic N) is 1. The highest BCUT2D eigenvalue weighted by atomic mass is 32.2. The summed E-state index contributed by atoms with van der Waals surface area (Å²) in [6, 6.07) is 0. The van der Waals surface area contributed by atoms with Crippen LogP contribution in [0.5, 0.6) is 0 Å². The lowest BCUT2D eigenvalue weighted by Crippen LogP contribution is -2.43. The van der Waals surface area contributed by atoms with Crippen molar-refractivity contribution in [2.75, 3.05) is 18.1 Å². The van der Waals surface area contributed by atoms with Gasteiger partial charge in [-0.15, -0.1) is 0 Å². The highest BCUT2D eigenvalue weighted by Crippen LogP contribution is 2.06. The lowest BCUT2D eigenvalue weighted by atomic mass is 10.6. The minimum atomic E-state index is 0.0428. The average Bonchev–Trinajstić information content (AvgIpc) is 1.77. The summed E-state index contributed by atoms with van der Waals surface area (Å²) >= 11 is 1.64. The van der Waals surface area contributed by atoms with Crippen molar-refractivity contribution < 1.29 is 4.79 Å². The van der Waals surface area contributed by atoms with Crippen LogP contribution in [0.2, 0.25) is 0 Å². The third-order valence-electron chi connectivity index (χ3n) is 1.02. The molecule has 0 spiro atoms. The molecule has 0 aliphatic carbocycles. The number of rotatable bonds is 0. The molecule has 0 aromatic carbocycles. The largest absolute Gasteiger partial charge is 0.279 e. The maximum atomic E-state index is 10.6. The normalized spacial score (nSPS) is 21.6. The van der Waals surface area contributed by atoms with Crippen molar-refractivity contribution in [3.05, 3.63) is 0 Å². The van der Waals surface area contributed by atoms with E-state index in [1.807, 2.05) is 0 Å². The van der Waals surface area contributed by atoms with Crippen LogP contribution >= 0.6 is 11.8 Å². The molecule has 0 aromatic rings. The van der Waals surface area contributed by atoms with Gasteiger partial charge < -0.3 is 0 Å². The van der Waals surface area contributed by atoms with E-state index in [1.54, 1.807) is 11.8 Å². The topological polar surface area (TPSA) is 46.3 Å². The SMILES string of the molecule is NN1CCSCC1=O. The van der Waals surface area contributed by atoms with E-state index in [0.717, 1.165) is 5.75 Å². The van der Waals surface area contributed by atoms with Crippen LogP contribution < -0.4 is 5.84 Å². The quantitative estimate of drug-likeness (QED) is 0.355. The number of carbonyl (C=O) groups is 1. The second-order valence-corrected chi connectivity index (χ2v) is 2.74. The van der Waals surface area contributed by atoms with Crippen molar-refractivity contribution in [1.82, 2.24) is 5.01 Å². The second kappa shape index (κ2) is 2.37. The highest BCUT2D eigenvalue weighted by molar-refractivity contribution is 8.00. The molecule has 0 unspecified atom stereocenters. The van der Waals surface area contributed by atoms with Gasteiger partial charge in [0.2, 0.25) is 5.91 Å². The summed E-state index contributed by atoms with van der Waals surface area (Å²) in [6.45, 7) is 0.698. The zero-order valence-electron chi connectivity index (χ0n) is 4.46. The first-order chi connectivity index (χ1) is 3.80. The van der Waals surface area contributed by atoms with Gasteiger partial charge in [-0.2, -0.15) is 11.8 Å². The van der Waals surface area contributed by atoms with Gasteiger partial charge in [-0.05, 0) is 0 Å². The minimum absolute atomic E-state index is 0.0428. The van der Waals surface area contributed by atoms with E-state index < -0.39 is 0 Å². The van der Waals surface area contributed by atoms with Crippen LogP contribution in [0.1, 0.15) is 0 Å². The number of amides is 1. The summed E-state index contributed by atoms with van der Waals surface area (Å²) in [6.07, 6.45) is 0. The molecular weight excluding hydrogens is 124 g/mol. The monoisotopic (exact) mass is 132 g/mol. The van der Waals surface area contributed by atoms with Crippen molar-refractivity contribution in [1.29, 1.82) is 0 Å². The fraction of sp³-hybridized carbons (Fsp3) is 0.750. The molecule has 1 aliphatic heterocycles. The van der Waals surface area contributed by atoms with E-state index in [0.29, 0.717) is 12.3 Å². The number of hydrazine groups is 1. The van der Waals surface area contributed by atoms with Crippen LogP contribution in [-0.2, 0) is 4.79 Å². The second-order valence-electron chi connectivity index (χ2n) is 1.64. The van der Waals surface area contributed by atoms with E-state index >= 15 is 0 Å². The van der Waals surface area contributed by atoms with Gasteiger partial charge in [0.25, 0.3) is 0 Å². The summed E-state index contributed by atoms with van der Waals surface area (Å²) < 4.78 is 0. The van der Waals surface area contributed by atoms with E-state index in [-0.39, 0.29) is 5.91 Å². The number of thioether (sulfide) groups is 1. The summed E-state index contributed by atoms with van der Waals surface area (Å²) in [5, 5.41) is 1.27. The summed E-state index contributed by atoms with van der Waals surface area (Å²) in [4.78, 5) is 10.6. The van der Waals surface area contributed by atoms with Gasteiger partial charge in [-0.3, -0.25) is 9.80 Å². The first-order valence-electron chi connectivity index (χ1n) is 2.43. The molecule has 8 heavy (non-hydrogen) atoms. The Morgan fingerprint density at radius 1 is 1.75 bits per heavy atom. The maximum Gasteiger partial charge on any atom is 0.246 e. The number of hydrogen-bond acceptors (Lipinski definition) is 3. The molecule has 46 valence electrons. The minimum Gasteiger partial charge on any atom is -0.279 e. The smallest absolute Gasteiger partial charge is 0.246 e. The Hall–Kier alpha value is -0.220. The van der Waals surface area contributed by atoms with Crippen molar-refractivity contribution in [2.24, 2.45) is 5.84 Å². The first-order valence-corrected chi connectivity index (χ1v) is 3.59. The van der Waals surface area contributed by atoms with Crippen molar-refractivity contribution in [3.8, 4) is 0 Å². The molecule has 0 aromatic heterocycles. The van der Waals surface area contributed by atoms with Crippen LogP contribution in [0.25, 0.3) is 0 Å². The molecule has 3 nitrogen and oxygen atoms in total. The van der Waals surface area contributed by atoms with E-state index in [2.05, 4.69) is 0 Å². The zero-order chi connectivity index (χ0) is 5.98. The molecule has 0 atom stereocenters. The predicted octanol–water partition coefficient (Wildman–Crippen LogP) is -0.565. The van der Waals surface area contributed by atoms with Gasteiger partial charge in [0.15, 0.2) is 0 Å². The molecule has 1 rings (SSSR count). The van der Waals surface area contributed by atoms with Gasteiger partial charge in [-0.1, -0.05) is 0 Å². The van der Waals surface area contributed by atoms with Gasteiger partial charge in [0.05, 0.1) is 5.75 Å². The Morgan fingerprint density at radius 2 is 2.50 bits per heavy atom. The van der Waals surface area contributed by atoms with Gasteiger partial charge in [-0.25, -0.2) is 5.84 Å².